The van der Waals surface area contributed by atoms with E-state index in [1.165, 1.54) is 0 Å². The zero-order chi connectivity index (χ0) is 12.8. The van der Waals surface area contributed by atoms with E-state index in [0.29, 0.717) is 24.9 Å². The quantitative estimate of drug-likeness (QED) is 0.697. The van der Waals surface area contributed by atoms with Gasteiger partial charge in [0, 0.05) is 5.92 Å². The second-order valence-electron chi connectivity index (χ2n) is 4.18. The zero-order valence-electron chi connectivity index (χ0n) is 10.8. The molecule has 0 fully saturated rings. The molecule has 0 aliphatic carbocycles. The molecule has 0 aliphatic heterocycles. The number of ether oxygens (including phenoxy) is 1. The summed E-state index contributed by atoms with van der Waals surface area (Å²) < 4.78 is 9.93. The van der Waals surface area contributed by atoms with Gasteiger partial charge >= 0.3 is 5.97 Å². The van der Waals surface area contributed by atoms with E-state index in [0.717, 1.165) is 0 Å². The molecule has 96 valence electrons. The van der Waals surface area contributed by atoms with Crippen LogP contribution in [0.15, 0.2) is 4.52 Å². The molecule has 17 heavy (non-hydrogen) atoms. The number of hydrogen-bond acceptors (Lipinski definition) is 6. The van der Waals surface area contributed by atoms with Crippen molar-refractivity contribution in [2.24, 2.45) is 0 Å². The number of rotatable bonds is 6. The summed E-state index contributed by atoms with van der Waals surface area (Å²) in [5.41, 5.74) is 0. The van der Waals surface area contributed by atoms with Crippen LogP contribution in [0.25, 0.3) is 0 Å². The van der Waals surface area contributed by atoms with Crippen LogP contribution in [0.4, 0.5) is 0 Å². The highest BCUT2D eigenvalue weighted by molar-refractivity contribution is 5.71. The van der Waals surface area contributed by atoms with Gasteiger partial charge < -0.3 is 9.26 Å². The minimum Gasteiger partial charge on any atom is -0.465 e. The lowest BCUT2D eigenvalue weighted by molar-refractivity contribution is -0.144. The SMILES string of the molecule is CCOC(=O)CN(C)Cc1nc(C(C)C)no1. The summed E-state index contributed by atoms with van der Waals surface area (Å²) in [7, 11) is 1.80. The van der Waals surface area contributed by atoms with E-state index < -0.39 is 0 Å². The number of nitrogens with zero attached hydrogens (tertiary/aromatic N) is 3. The van der Waals surface area contributed by atoms with Crippen LogP contribution >= 0.6 is 0 Å². The molecule has 0 aromatic carbocycles. The maximum Gasteiger partial charge on any atom is 0.320 e. The minimum atomic E-state index is -0.251. The first kappa shape index (κ1) is 13.6. The Morgan fingerprint density at radius 3 is 2.76 bits per heavy atom. The second kappa shape index (κ2) is 6.34. The first-order valence-corrected chi connectivity index (χ1v) is 5.69. The summed E-state index contributed by atoms with van der Waals surface area (Å²) in [6.07, 6.45) is 0. The van der Waals surface area contributed by atoms with Gasteiger partial charge in [0.2, 0.25) is 5.89 Å². The highest BCUT2D eigenvalue weighted by atomic mass is 16.5. The highest BCUT2D eigenvalue weighted by Crippen LogP contribution is 2.10. The summed E-state index contributed by atoms with van der Waals surface area (Å²) in [5, 5.41) is 3.86. The Kier molecular flexibility index (Phi) is 5.09. The van der Waals surface area contributed by atoms with Gasteiger partial charge in [0.05, 0.1) is 19.7 Å². The maximum absolute atomic E-state index is 11.2. The van der Waals surface area contributed by atoms with Crippen LogP contribution in [0, 0.1) is 0 Å². The molecule has 6 heteroatoms. The van der Waals surface area contributed by atoms with Crippen molar-refractivity contribution in [3.05, 3.63) is 11.7 Å². The van der Waals surface area contributed by atoms with Crippen molar-refractivity contribution in [2.45, 2.75) is 33.2 Å². The van der Waals surface area contributed by atoms with E-state index in [1.54, 1.807) is 18.9 Å². The van der Waals surface area contributed by atoms with Crippen LogP contribution in [-0.2, 0) is 16.1 Å². The van der Waals surface area contributed by atoms with Crippen molar-refractivity contribution >= 4 is 5.97 Å². The Hall–Kier alpha value is -1.43. The average molecular weight is 241 g/mol. The van der Waals surface area contributed by atoms with Gasteiger partial charge in [-0.25, -0.2) is 0 Å². The molecule has 0 atom stereocenters. The van der Waals surface area contributed by atoms with E-state index in [4.69, 9.17) is 9.26 Å². The largest absolute Gasteiger partial charge is 0.465 e. The summed E-state index contributed by atoms with van der Waals surface area (Å²) in [4.78, 5) is 17.2. The van der Waals surface area contributed by atoms with Gasteiger partial charge in [-0.15, -0.1) is 0 Å². The molecular weight excluding hydrogens is 222 g/mol. The topological polar surface area (TPSA) is 68.5 Å². The Bertz CT molecular complexity index is 363. The molecule has 6 nitrogen and oxygen atoms in total. The van der Waals surface area contributed by atoms with Crippen LogP contribution in [-0.4, -0.2) is 41.2 Å². The fourth-order valence-corrected chi connectivity index (χ4v) is 1.28. The molecule has 1 aromatic rings. The average Bonchev–Trinajstić information content (AvgIpc) is 2.66. The zero-order valence-corrected chi connectivity index (χ0v) is 10.8. The van der Waals surface area contributed by atoms with E-state index in [9.17, 15) is 4.79 Å². The van der Waals surface area contributed by atoms with Gasteiger partial charge in [-0.1, -0.05) is 19.0 Å². The Balaban J connectivity index is 2.44. The second-order valence-corrected chi connectivity index (χ2v) is 4.18. The molecule has 1 heterocycles. The third kappa shape index (κ3) is 4.52. The summed E-state index contributed by atoms with van der Waals surface area (Å²) in [6.45, 7) is 6.83. The van der Waals surface area contributed by atoms with Crippen molar-refractivity contribution < 1.29 is 14.1 Å². The van der Waals surface area contributed by atoms with Gasteiger partial charge in [0.15, 0.2) is 5.82 Å². The molecule has 0 amide bonds. The van der Waals surface area contributed by atoms with Crippen LogP contribution in [0.1, 0.15) is 38.4 Å². The fourth-order valence-electron chi connectivity index (χ4n) is 1.28. The highest BCUT2D eigenvalue weighted by Gasteiger charge is 2.13. The van der Waals surface area contributed by atoms with Crippen molar-refractivity contribution in [2.75, 3.05) is 20.2 Å². The molecule has 0 saturated heterocycles. The van der Waals surface area contributed by atoms with E-state index in [1.807, 2.05) is 13.8 Å². The first-order valence-electron chi connectivity index (χ1n) is 5.69. The van der Waals surface area contributed by atoms with Gasteiger partial charge in [-0.2, -0.15) is 4.98 Å². The molecule has 0 saturated carbocycles. The standard InChI is InChI=1S/C11H19N3O3/c1-5-16-10(15)7-14(4)6-9-12-11(8(2)3)13-17-9/h8H,5-7H2,1-4H3. The monoisotopic (exact) mass is 241 g/mol. The summed E-state index contributed by atoms with van der Waals surface area (Å²) in [6, 6.07) is 0. The molecule has 0 aliphatic rings. The molecule has 0 radical (unpaired) electrons. The van der Waals surface area contributed by atoms with Crippen LogP contribution < -0.4 is 0 Å². The van der Waals surface area contributed by atoms with Gasteiger partial charge in [0.25, 0.3) is 0 Å². The van der Waals surface area contributed by atoms with Crippen LogP contribution in [0.5, 0.6) is 0 Å². The van der Waals surface area contributed by atoms with Crippen molar-refractivity contribution in [3.63, 3.8) is 0 Å². The minimum absolute atomic E-state index is 0.216. The molecule has 0 N–H and O–H groups in total. The number of aromatic nitrogens is 2. The number of hydrogen-bond donors (Lipinski definition) is 0. The Morgan fingerprint density at radius 2 is 2.24 bits per heavy atom. The Labute approximate surface area is 101 Å². The normalized spacial score (nSPS) is 11.2. The predicted octanol–water partition coefficient (Wildman–Crippen LogP) is 1.19. The van der Waals surface area contributed by atoms with Gasteiger partial charge in [-0.3, -0.25) is 9.69 Å². The van der Waals surface area contributed by atoms with Crippen molar-refractivity contribution in [3.8, 4) is 0 Å². The smallest absolute Gasteiger partial charge is 0.320 e. The molecule has 0 unspecified atom stereocenters. The third-order valence-electron chi connectivity index (χ3n) is 2.11. The van der Waals surface area contributed by atoms with Gasteiger partial charge in [0.1, 0.15) is 0 Å². The maximum atomic E-state index is 11.2. The lowest BCUT2D eigenvalue weighted by atomic mass is 10.2. The number of esters is 1. The molecule has 1 rings (SSSR count). The summed E-state index contributed by atoms with van der Waals surface area (Å²) >= 11 is 0. The lowest BCUT2D eigenvalue weighted by Gasteiger charge is -2.12. The fraction of sp³-hybridized carbons (Fsp3) is 0.727. The molecule has 0 spiro atoms. The first-order chi connectivity index (χ1) is 8.02. The molecular formula is C11H19N3O3. The predicted molar refractivity (Wildman–Crippen MR) is 61.4 cm³/mol. The van der Waals surface area contributed by atoms with Crippen LogP contribution in [0.3, 0.4) is 0 Å². The van der Waals surface area contributed by atoms with Gasteiger partial charge in [-0.05, 0) is 14.0 Å². The lowest BCUT2D eigenvalue weighted by Crippen LogP contribution is -2.27. The number of carbonyl (C=O) groups is 1. The Morgan fingerprint density at radius 1 is 1.53 bits per heavy atom. The number of likely N-dealkylation sites (N-methyl/N-ethyl adjacent to an activating group) is 1. The third-order valence-corrected chi connectivity index (χ3v) is 2.11. The van der Waals surface area contributed by atoms with Crippen LogP contribution in [0.2, 0.25) is 0 Å². The number of carbonyl (C=O) groups excluding carboxylic acids is 1. The van der Waals surface area contributed by atoms with Crippen molar-refractivity contribution in [1.29, 1.82) is 0 Å². The molecule has 1 aromatic heterocycles. The van der Waals surface area contributed by atoms with Crippen molar-refractivity contribution in [1.82, 2.24) is 15.0 Å². The van der Waals surface area contributed by atoms with E-state index in [-0.39, 0.29) is 18.4 Å². The molecule has 0 bridgehead atoms. The van der Waals surface area contributed by atoms with E-state index in [2.05, 4.69) is 10.1 Å². The summed E-state index contributed by atoms with van der Waals surface area (Å²) in [5.74, 6) is 1.19. The van der Waals surface area contributed by atoms with E-state index >= 15 is 0 Å².